The van der Waals surface area contributed by atoms with E-state index in [1.54, 1.807) is 6.20 Å². The number of guanidine groups is 1. The van der Waals surface area contributed by atoms with Crippen LogP contribution in [0, 0.1) is 5.41 Å². The Morgan fingerprint density at radius 3 is 2.67 bits per heavy atom. The van der Waals surface area contributed by atoms with Gasteiger partial charge in [-0.05, 0) is 68.4 Å². The lowest BCUT2D eigenvalue weighted by Gasteiger charge is -2.30. The number of nitrogens with zero attached hydrogens (tertiary/aromatic N) is 2. The van der Waals surface area contributed by atoms with Crippen molar-refractivity contribution in [1.82, 2.24) is 15.6 Å². The highest BCUT2D eigenvalue weighted by molar-refractivity contribution is 14.0. The topological polar surface area (TPSA) is 67.8 Å². The van der Waals surface area contributed by atoms with Crippen LogP contribution in [0.5, 0.6) is 5.75 Å². The average molecular weight is 567 g/mol. The summed E-state index contributed by atoms with van der Waals surface area (Å²) in [7, 11) is 0. The number of hydrogen-bond donors (Lipinski definition) is 2. The van der Waals surface area contributed by atoms with Crippen LogP contribution in [-0.4, -0.2) is 37.2 Å². The Labute approximate surface area is 216 Å². The maximum Gasteiger partial charge on any atom is 0.191 e. The van der Waals surface area contributed by atoms with Crippen LogP contribution in [0.25, 0.3) is 0 Å². The van der Waals surface area contributed by atoms with Gasteiger partial charge in [-0.2, -0.15) is 0 Å². The average Bonchev–Trinajstić information content (AvgIpc) is 3.30. The largest absolute Gasteiger partial charge is 0.487 e. The summed E-state index contributed by atoms with van der Waals surface area (Å²) in [5.74, 6) is 1.71. The fourth-order valence-corrected chi connectivity index (χ4v) is 4.23. The van der Waals surface area contributed by atoms with Gasteiger partial charge in [-0.15, -0.1) is 24.0 Å². The number of hydrogen-bond acceptors (Lipinski definition) is 4. The first-order valence-corrected chi connectivity index (χ1v) is 11.9. The second-order valence-electron chi connectivity index (χ2n) is 8.46. The third-order valence-electron chi connectivity index (χ3n) is 6.05. The number of pyridine rings is 1. The van der Waals surface area contributed by atoms with Crippen LogP contribution < -0.4 is 15.4 Å². The van der Waals surface area contributed by atoms with Crippen molar-refractivity contribution in [3.05, 3.63) is 59.9 Å². The summed E-state index contributed by atoms with van der Waals surface area (Å²) in [5.41, 5.74) is 2.36. The SMILES string of the molecule is CCNC(=NCc1cccc(OCc2ccccn2)c1)NCC1(CCOCC)CCCC1.I. The first-order chi connectivity index (χ1) is 15.7. The molecule has 3 rings (SSSR count). The van der Waals surface area contributed by atoms with Crippen LogP contribution in [0.4, 0.5) is 0 Å². The van der Waals surface area contributed by atoms with E-state index < -0.39 is 0 Å². The summed E-state index contributed by atoms with van der Waals surface area (Å²) < 4.78 is 11.6. The molecule has 33 heavy (non-hydrogen) atoms. The highest BCUT2D eigenvalue weighted by Gasteiger charge is 2.33. The van der Waals surface area contributed by atoms with E-state index >= 15 is 0 Å². The van der Waals surface area contributed by atoms with E-state index in [9.17, 15) is 0 Å². The zero-order valence-corrected chi connectivity index (χ0v) is 22.3. The maximum absolute atomic E-state index is 5.91. The van der Waals surface area contributed by atoms with Crippen molar-refractivity contribution in [1.29, 1.82) is 0 Å². The third-order valence-corrected chi connectivity index (χ3v) is 6.05. The minimum absolute atomic E-state index is 0. The summed E-state index contributed by atoms with van der Waals surface area (Å²) >= 11 is 0. The second-order valence-corrected chi connectivity index (χ2v) is 8.46. The van der Waals surface area contributed by atoms with Crippen molar-refractivity contribution in [3.63, 3.8) is 0 Å². The highest BCUT2D eigenvalue weighted by Crippen LogP contribution is 2.40. The van der Waals surface area contributed by atoms with Gasteiger partial charge >= 0.3 is 0 Å². The van der Waals surface area contributed by atoms with Gasteiger partial charge in [0, 0.05) is 32.5 Å². The minimum atomic E-state index is 0. The Morgan fingerprint density at radius 2 is 1.94 bits per heavy atom. The summed E-state index contributed by atoms with van der Waals surface area (Å²) in [6.45, 7) is 8.64. The van der Waals surface area contributed by atoms with Crippen LogP contribution in [0.3, 0.4) is 0 Å². The van der Waals surface area contributed by atoms with E-state index in [1.165, 1.54) is 25.7 Å². The molecule has 1 heterocycles. The summed E-state index contributed by atoms with van der Waals surface area (Å²) in [6.07, 6.45) is 8.05. The molecule has 2 aromatic rings. The monoisotopic (exact) mass is 566 g/mol. The smallest absolute Gasteiger partial charge is 0.191 e. The normalized spacial score (nSPS) is 15.0. The number of nitrogens with one attached hydrogen (secondary N) is 2. The fraction of sp³-hybridized carbons (Fsp3) is 0.538. The zero-order valence-electron chi connectivity index (χ0n) is 20.0. The van der Waals surface area contributed by atoms with Gasteiger partial charge in [0.2, 0.25) is 0 Å². The van der Waals surface area contributed by atoms with Crippen molar-refractivity contribution >= 4 is 29.9 Å². The molecular formula is C26H39IN4O2. The molecule has 0 saturated heterocycles. The van der Waals surface area contributed by atoms with Gasteiger partial charge in [0.1, 0.15) is 12.4 Å². The van der Waals surface area contributed by atoms with Gasteiger partial charge in [0.05, 0.1) is 12.2 Å². The number of aromatic nitrogens is 1. The van der Waals surface area contributed by atoms with E-state index in [0.29, 0.717) is 18.6 Å². The molecule has 0 radical (unpaired) electrons. The van der Waals surface area contributed by atoms with Crippen LogP contribution in [0.2, 0.25) is 0 Å². The van der Waals surface area contributed by atoms with Gasteiger partial charge in [-0.1, -0.05) is 31.0 Å². The number of ether oxygens (including phenoxy) is 2. The van der Waals surface area contributed by atoms with E-state index in [1.807, 2.05) is 30.3 Å². The second kappa shape index (κ2) is 15.1. The molecule has 182 valence electrons. The van der Waals surface area contributed by atoms with Crippen LogP contribution in [-0.2, 0) is 17.9 Å². The summed E-state index contributed by atoms with van der Waals surface area (Å²) in [6, 6.07) is 14.0. The molecule has 1 aromatic carbocycles. The molecule has 6 nitrogen and oxygen atoms in total. The van der Waals surface area contributed by atoms with Crippen molar-refractivity contribution in [2.24, 2.45) is 10.4 Å². The Balaban J connectivity index is 0.00000385. The molecule has 2 N–H and O–H groups in total. The van der Waals surface area contributed by atoms with Crippen LogP contribution in [0.15, 0.2) is 53.7 Å². The molecule has 0 unspecified atom stereocenters. The van der Waals surface area contributed by atoms with Gasteiger partial charge in [0.25, 0.3) is 0 Å². The van der Waals surface area contributed by atoms with Crippen molar-refractivity contribution in [3.8, 4) is 5.75 Å². The Morgan fingerprint density at radius 1 is 1.09 bits per heavy atom. The molecule has 0 amide bonds. The lowest BCUT2D eigenvalue weighted by molar-refractivity contribution is 0.105. The molecule has 0 bridgehead atoms. The van der Waals surface area contributed by atoms with Crippen molar-refractivity contribution in [2.75, 3.05) is 26.3 Å². The van der Waals surface area contributed by atoms with Gasteiger partial charge in [-0.25, -0.2) is 4.99 Å². The van der Waals surface area contributed by atoms with E-state index in [0.717, 1.165) is 55.7 Å². The van der Waals surface area contributed by atoms with E-state index in [4.69, 9.17) is 14.5 Å². The first-order valence-electron chi connectivity index (χ1n) is 11.9. The molecule has 7 heteroatoms. The predicted molar refractivity (Wildman–Crippen MR) is 145 cm³/mol. The van der Waals surface area contributed by atoms with Gasteiger partial charge in [0.15, 0.2) is 5.96 Å². The number of rotatable bonds is 12. The quantitative estimate of drug-likeness (QED) is 0.158. The summed E-state index contributed by atoms with van der Waals surface area (Å²) in [4.78, 5) is 9.13. The molecular weight excluding hydrogens is 527 g/mol. The van der Waals surface area contributed by atoms with Gasteiger partial charge in [-0.3, -0.25) is 4.98 Å². The Hall–Kier alpha value is -1.87. The molecule has 0 atom stereocenters. The number of aliphatic imine (C=N–C) groups is 1. The van der Waals surface area contributed by atoms with E-state index in [2.05, 4.69) is 41.6 Å². The van der Waals surface area contributed by atoms with Crippen LogP contribution in [0.1, 0.15) is 57.2 Å². The molecule has 1 saturated carbocycles. The Bertz CT molecular complexity index is 826. The number of benzene rings is 1. The first kappa shape index (κ1) is 27.4. The van der Waals surface area contributed by atoms with E-state index in [-0.39, 0.29) is 24.0 Å². The van der Waals surface area contributed by atoms with Gasteiger partial charge < -0.3 is 20.1 Å². The maximum atomic E-state index is 5.91. The Kier molecular flexibility index (Phi) is 12.5. The molecule has 1 aliphatic rings. The molecule has 1 aromatic heterocycles. The van der Waals surface area contributed by atoms with Crippen molar-refractivity contribution in [2.45, 2.75) is 59.1 Å². The zero-order chi connectivity index (χ0) is 22.5. The fourth-order valence-electron chi connectivity index (χ4n) is 4.23. The molecule has 1 aliphatic carbocycles. The predicted octanol–water partition coefficient (Wildman–Crippen LogP) is 5.32. The van der Waals surface area contributed by atoms with Crippen molar-refractivity contribution < 1.29 is 9.47 Å². The highest BCUT2D eigenvalue weighted by atomic mass is 127. The lowest BCUT2D eigenvalue weighted by atomic mass is 9.83. The molecule has 1 fully saturated rings. The minimum Gasteiger partial charge on any atom is -0.487 e. The lowest BCUT2D eigenvalue weighted by Crippen LogP contribution is -2.43. The summed E-state index contributed by atoms with van der Waals surface area (Å²) in [5, 5.41) is 7.00. The third kappa shape index (κ3) is 9.49. The molecule has 0 aliphatic heterocycles. The molecule has 0 spiro atoms. The standard InChI is InChI=1S/C26H38N4O2.HI/c1-3-27-25(30-21-26(13-6-7-14-26)15-17-31-4-2)29-19-22-10-9-12-24(18-22)32-20-23-11-5-8-16-28-23;/h5,8-12,16,18H,3-4,6-7,13-15,17,19-21H2,1-2H3,(H2,27,29,30);1H. The number of halogens is 1. The van der Waals surface area contributed by atoms with Crippen LogP contribution >= 0.6 is 24.0 Å².